The van der Waals surface area contributed by atoms with Gasteiger partial charge in [0.05, 0.1) is 0 Å². The summed E-state index contributed by atoms with van der Waals surface area (Å²) in [5.74, 6) is 1.18. The lowest BCUT2D eigenvalue weighted by molar-refractivity contribution is -0.151. The number of aryl methyl sites for hydroxylation is 2. The van der Waals surface area contributed by atoms with E-state index in [0.717, 1.165) is 82.7 Å². The molecule has 3 rings (SSSR count). The molecule has 6 heteroatoms. The molecule has 230 valence electrons. The van der Waals surface area contributed by atoms with Crippen LogP contribution in [0.1, 0.15) is 103 Å². The molecule has 0 N–H and O–H groups in total. The fraction of sp³-hybridized carbons (Fsp3) is 0.556. The number of esters is 2. The first-order valence-corrected chi connectivity index (χ1v) is 15.9. The molecule has 0 heterocycles. The zero-order valence-corrected chi connectivity index (χ0v) is 26.6. The van der Waals surface area contributed by atoms with Gasteiger partial charge in [-0.3, -0.25) is 9.59 Å². The Morgan fingerprint density at radius 2 is 1.00 bits per heavy atom. The zero-order chi connectivity index (χ0) is 30.5. The molecule has 0 spiro atoms. The predicted molar refractivity (Wildman–Crippen MR) is 171 cm³/mol. The number of hydrogen-bond donors (Lipinski definition) is 0. The maximum atomic E-state index is 12.4. The van der Waals surface area contributed by atoms with E-state index in [-0.39, 0.29) is 37.4 Å². The van der Waals surface area contributed by atoms with Gasteiger partial charge in [-0.1, -0.05) is 88.8 Å². The molecular formula is C36H50O6. The number of benzene rings is 3. The highest BCUT2D eigenvalue weighted by molar-refractivity contribution is 6.11. The summed E-state index contributed by atoms with van der Waals surface area (Å²) in [4.78, 5) is 24.8. The Morgan fingerprint density at radius 3 is 1.36 bits per heavy atom. The quantitative estimate of drug-likeness (QED) is 0.0851. The Kier molecular flexibility index (Phi) is 13.4. The summed E-state index contributed by atoms with van der Waals surface area (Å²) < 4.78 is 24.5. The average molecular weight is 579 g/mol. The zero-order valence-electron chi connectivity index (χ0n) is 26.6. The van der Waals surface area contributed by atoms with Crippen LogP contribution in [0.3, 0.4) is 0 Å². The monoisotopic (exact) mass is 578 g/mol. The van der Waals surface area contributed by atoms with Gasteiger partial charge in [-0.15, -0.1) is 0 Å². The van der Waals surface area contributed by atoms with Crippen LogP contribution in [0, 0.1) is 13.8 Å². The number of hydrogen-bond acceptors (Lipinski definition) is 6. The van der Waals surface area contributed by atoms with E-state index in [1.807, 2.05) is 13.8 Å². The Bertz CT molecular complexity index is 1210. The molecule has 3 aromatic rings. The summed E-state index contributed by atoms with van der Waals surface area (Å²) in [5, 5.41) is 3.75. The highest BCUT2D eigenvalue weighted by Crippen LogP contribution is 2.43. The summed E-state index contributed by atoms with van der Waals surface area (Å²) in [7, 11) is 0. The number of carbonyl (C=O) groups is 2. The predicted octanol–water partition coefficient (Wildman–Crippen LogP) is 9.17. The molecule has 6 nitrogen and oxygen atoms in total. The van der Waals surface area contributed by atoms with Crippen molar-refractivity contribution in [2.75, 3.05) is 13.2 Å². The van der Waals surface area contributed by atoms with Crippen molar-refractivity contribution in [1.82, 2.24) is 0 Å². The van der Waals surface area contributed by atoms with E-state index in [2.05, 4.69) is 64.1 Å². The maximum absolute atomic E-state index is 12.4. The largest absolute Gasteiger partial charge is 0.488 e. The summed E-state index contributed by atoms with van der Waals surface area (Å²) in [6, 6.07) is 12.5. The molecular weight excluding hydrogens is 528 g/mol. The lowest BCUT2D eigenvalue weighted by Gasteiger charge is -2.22. The van der Waals surface area contributed by atoms with Gasteiger partial charge in [-0.05, 0) is 51.7 Å². The molecule has 42 heavy (non-hydrogen) atoms. The van der Waals surface area contributed by atoms with Crippen molar-refractivity contribution in [3.05, 3.63) is 47.5 Å². The van der Waals surface area contributed by atoms with Gasteiger partial charge in [0.25, 0.3) is 0 Å². The van der Waals surface area contributed by atoms with Gasteiger partial charge in [-0.2, -0.15) is 0 Å². The second-order valence-corrected chi connectivity index (χ2v) is 11.3. The average Bonchev–Trinajstić information content (AvgIpc) is 2.97. The summed E-state index contributed by atoms with van der Waals surface area (Å²) in [6.07, 6.45) is 7.43. The molecule has 0 aromatic heterocycles. The van der Waals surface area contributed by atoms with Crippen LogP contribution < -0.4 is 9.47 Å². The van der Waals surface area contributed by atoms with Gasteiger partial charge in [-0.25, -0.2) is 0 Å². The molecule has 0 amide bonds. The minimum absolute atomic E-state index is 0.166. The molecule has 0 saturated heterocycles. The Labute approximate surface area is 252 Å². The van der Waals surface area contributed by atoms with Gasteiger partial charge >= 0.3 is 11.9 Å². The van der Waals surface area contributed by atoms with E-state index >= 15 is 0 Å². The van der Waals surface area contributed by atoms with Gasteiger partial charge in [0.15, 0.2) is 0 Å². The Balaban J connectivity index is 1.90. The first kappa shape index (κ1) is 33.2. The summed E-state index contributed by atoms with van der Waals surface area (Å²) in [5.41, 5.74) is 2.21. The molecule has 3 aromatic carbocycles. The van der Waals surface area contributed by atoms with Gasteiger partial charge in [0, 0.05) is 34.4 Å². The van der Waals surface area contributed by atoms with Crippen LogP contribution >= 0.6 is 0 Å². The van der Waals surface area contributed by atoms with Crippen LogP contribution in [-0.2, 0) is 19.1 Å². The Morgan fingerprint density at radius 1 is 0.595 bits per heavy atom. The number of fused-ring (bicyclic) bond motifs is 2. The smallest absolute Gasteiger partial charge is 0.306 e. The van der Waals surface area contributed by atoms with E-state index < -0.39 is 0 Å². The molecule has 0 saturated carbocycles. The minimum Gasteiger partial charge on any atom is -0.488 e. The lowest BCUT2D eigenvalue weighted by Crippen LogP contribution is -2.25. The van der Waals surface area contributed by atoms with E-state index in [0.29, 0.717) is 25.7 Å². The molecule has 2 unspecified atom stereocenters. The van der Waals surface area contributed by atoms with Crippen molar-refractivity contribution in [2.24, 2.45) is 0 Å². The molecule has 0 fully saturated rings. The third-order valence-electron chi connectivity index (χ3n) is 7.63. The van der Waals surface area contributed by atoms with Gasteiger partial charge in [0.2, 0.25) is 0 Å². The van der Waals surface area contributed by atoms with Crippen molar-refractivity contribution in [3.8, 4) is 11.5 Å². The topological polar surface area (TPSA) is 71.1 Å². The van der Waals surface area contributed by atoms with Crippen LogP contribution in [0.25, 0.3) is 21.5 Å². The number of ether oxygens (including phenoxy) is 4. The fourth-order valence-electron chi connectivity index (χ4n) is 5.04. The standard InChI is InChI=1S/C36H50O6/c1-7-11-13-15-33(37)41-27(9-3)23-39-35-29-19-17-26(6)22-32(29)36(30-20-18-25(5)21-31(30)35)40-24-28(10-4)42-34(38)16-14-12-8-2/h17-22,27-28H,7-16,23-24H2,1-6H3. The fourth-order valence-corrected chi connectivity index (χ4v) is 5.04. The van der Waals surface area contributed by atoms with Crippen molar-refractivity contribution in [2.45, 2.75) is 118 Å². The molecule has 0 bridgehead atoms. The second-order valence-electron chi connectivity index (χ2n) is 11.3. The van der Waals surface area contributed by atoms with Crippen molar-refractivity contribution in [3.63, 3.8) is 0 Å². The first-order chi connectivity index (χ1) is 20.3. The maximum Gasteiger partial charge on any atom is 0.306 e. The van der Waals surface area contributed by atoms with E-state index in [4.69, 9.17) is 18.9 Å². The van der Waals surface area contributed by atoms with Crippen molar-refractivity contribution in [1.29, 1.82) is 0 Å². The second kappa shape index (κ2) is 17.0. The number of rotatable bonds is 18. The highest BCUT2D eigenvalue weighted by atomic mass is 16.6. The van der Waals surface area contributed by atoms with Gasteiger partial charge < -0.3 is 18.9 Å². The third kappa shape index (κ3) is 9.37. The minimum atomic E-state index is -0.326. The first-order valence-electron chi connectivity index (χ1n) is 15.9. The Hall–Kier alpha value is -3.28. The molecule has 0 aliphatic rings. The summed E-state index contributed by atoms with van der Waals surface area (Å²) >= 11 is 0. The van der Waals surface area contributed by atoms with Crippen molar-refractivity contribution < 1.29 is 28.5 Å². The molecule has 0 aliphatic heterocycles. The van der Waals surface area contributed by atoms with Crippen LogP contribution in [0.15, 0.2) is 36.4 Å². The van der Waals surface area contributed by atoms with Crippen LogP contribution in [0.2, 0.25) is 0 Å². The molecule has 2 atom stereocenters. The molecule has 0 aliphatic carbocycles. The number of unbranched alkanes of at least 4 members (excludes halogenated alkanes) is 4. The SMILES string of the molecule is CCCCCC(=O)OC(CC)COc1c2ccc(C)cc2c(OCC(CC)OC(=O)CCCCC)c2ccc(C)cc12. The summed E-state index contributed by atoms with van der Waals surface area (Å²) in [6.45, 7) is 12.9. The van der Waals surface area contributed by atoms with Crippen LogP contribution in [0.5, 0.6) is 11.5 Å². The number of carbonyl (C=O) groups excluding carboxylic acids is 2. The normalized spacial score (nSPS) is 12.7. The van der Waals surface area contributed by atoms with Gasteiger partial charge in [0.1, 0.15) is 36.9 Å². The third-order valence-corrected chi connectivity index (χ3v) is 7.63. The molecule has 0 radical (unpaired) electrons. The lowest BCUT2D eigenvalue weighted by atomic mass is 9.97. The van der Waals surface area contributed by atoms with E-state index in [1.54, 1.807) is 0 Å². The van der Waals surface area contributed by atoms with E-state index in [1.165, 1.54) is 0 Å². The van der Waals surface area contributed by atoms with E-state index in [9.17, 15) is 9.59 Å². The highest BCUT2D eigenvalue weighted by Gasteiger charge is 2.21. The van der Waals surface area contributed by atoms with Crippen LogP contribution in [0.4, 0.5) is 0 Å². The van der Waals surface area contributed by atoms with Crippen LogP contribution in [-0.4, -0.2) is 37.4 Å². The van der Waals surface area contributed by atoms with Crippen molar-refractivity contribution >= 4 is 33.5 Å².